The number of likely N-dealkylation sites (tertiary alicyclic amines) is 1. The van der Waals surface area contributed by atoms with Gasteiger partial charge in [-0.15, -0.1) is 0 Å². The van der Waals surface area contributed by atoms with Crippen LogP contribution in [0.25, 0.3) is 0 Å². The smallest absolute Gasteiger partial charge is 0.239 e. The monoisotopic (exact) mass is 236 g/mol. The molecule has 0 unspecified atom stereocenters. The Morgan fingerprint density at radius 3 is 2.88 bits per heavy atom. The molecule has 0 bridgehead atoms. The number of hydrogen-bond acceptors (Lipinski definition) is 3. The van der Waals surface area contributed by atoms with Gasteiger partial charge in [0.1, 0.15) is 0 Å². The zero-order chi connectivity index (χ0) is 12.1. The number of rotatable bonds is 5. The summed E-state index contributed by atoms with van der Waals surface area (Å²) >= 11 is 0. The molecular formula is C12H20N4O. The van der Waals surface area contributed by atoms with Crippen LogP contribution in [0.15, 0.2) is 18.5 Å². The highest BCUT2D eigenvalue weighted by Gasteiger charge is 2.22. The predicted molar refractivity (Wildman–Crippen MR) is 65.5 cm³/mol. The Hall–Kier alpha value is -1.36. The molecule has 1 fully saturated rings. The largest absolute Gasteiger partial charge is 0.341 e. The molecule has 1 aliphatic rings. The first-order valence-electron chi connectivity index (χ1n) is 6.27. The second-order valence-corrected chi connectivity index (χ2v) is 4.48. The van der Waals surface area contributed by atoms with E-state index in [1.165, 1.54) is 0 Å². The van der Waals surface area contributed by atoms with Crippen LogP contribution >= 0.6 is 0 Å². The Morgan fingerprint density at radius 2 is 2.24 bits per heavy atom. The molecule has 1 aromatic heterocycles. The number of hydrogen-bond donors (Lipinski definition) is 1. The third kappa shape index (κ3) is 3.30. The quantitative estimate of drug-likeness (QED) is 0.809. The van der Waals surface area contributed by atoms with E-state index in [0.29, 0.717) is 0 Å². The molecule has 1 N–H and O–H groups in total. The fourth-order valence-electron chi connectivity index (χ4n) is 2.13. The highest BCUT2D eigenvalue weighted by atomic mass is 16.2. The average molecular weight is 236 g/mol. The molecule has 1 atom stereocenters. The minimum Gasteiger partial charge on any atom is -0.341 e. The predicted octanol–water partition coefficient (Wildman–Crippen LogP) is 0.484. The summed E-state index contributed by atoms with van der Waals surface area (Å²) in [5.41, 5.74) is 0. The van der Waals surface area contributed by atoms with Gasteiger partial charge in [0.05, 0.1) is 12.6 Å². The van der Waals surface area contributed by atoms with Crippen LogP contribution in [0.2, 0.25) is 0 Å². The Labute approximate surface area is 102 Å². The highest BCUT2D eigenvalue weighted by Crippen LogP contribution is 2.08. The first kappa shape index (κ1) is 12.1. The van der Waals surface area contributed by atoms with E-state index in [1.807, 2.05) is 28.8 Å². The number of aromatic nitrogens is 2. The Kier molecular flexibility index (Phi) is 4.14. The summed E-state index contributed by atoms with van der Waals surface area (Å²) in [4.78, 5) is 13.9. The molecule has 1 saturated heterocycles. The standard InChI is InChI=1S/C12H20N4O/c1-11(12(17)15-7-2-3-8-15)13-6-10-16-9-4-5-14-16/h4-5,9,11,13H,2-3,6-8,10H2,1H3/t11-/m0/s1. The third-order valence-corrected chi connectivity index (χ3v) is 3.14. The summed E-state index contributed by atoms with van der Waals surface area (Å²) in [5.74, 6) is 0.225. The molecule has 0 saturated carbocycles. The molecule has 5 heteroatoms. The summed E-state index contributed by atoms with van der Waals surface area (Å²) in [6.45, 7) is 5.34. The minimum atomic E-state index is -0.0938. The Balaban J connectivity index is 1.69. The fourth-order valence-corrected chi connectivity index (χ4v) is 2.13. The summed E-state index contributed by atoms with van der Waals surface area (Å²) < 4.78 is 1.86. The van der Waals surface area contributed by atoms with Crippen LogP contribution in [0.3, 0.4) is 0 Å². The lowest BCUT2D eigenvalue weighted by atomic mass is 10.3. The van der Waals surface area contributed by atoms with Crippen molar-refractivity contribution in [2.45, 2.75) is 32.4 Å². The lowest BCUT2D eigenvalue weighted by molar-refractivity contribution is -0.131. The van der Waals surface area contributed by atoms with E-state index < -0.39 is 0 Å². The van der Waals surface area contributed by atoms with Gasteiger partial charge in [0.2, 0.25) is 5.91 Å². The molecule has 94 valence electrons. The number of amides is 1. The van der Waals surface area contributed by atoms with Crippen LogP contribution < -0.4 is 5.32 Å². The van der Waals surface area contributed by atoms with Gasteiger partial charge >= 0.3 is 0 Å². The van der Waals surface area contributed by atoms with E-state index >= 15 is 0 Å². The molecule has 1 aromatic rings. The van der Waals surface area contributed by atoms with Crippen molar-refractivity contribution in [3.63, 3.8) is 0 Å². The molecule has 0 radical (unpaired) electrons. The van der Waals surface area contributed by atoms with Crippen molar-refractivity contribution in [3.8, 4) is 0 Å². The van der Waals surface area contributed by atoms with E-state index in [-0.39, 0.29) is 11.9 Å². The fraction of sp³-hybridized carbons (Fsp3) is 0.667. The van der Waals surface area contributed by atoms with Gasteiger partial charge in [0.25, 0.3) is 0 Å². The van der Waals surface area contributed by atoms with Crippen molar-refractivity contribution in [2.24, 2.45) is 0 Å². The maximum absolute atomic E-state index is 12.0. The van der Waals surface area contributed by atoms with Gasteiger partial charge in [0.15, 0.2) is 0 Å². The van der Waals surface area contributed by atoms with Gasteiger partial charge in [0, 0.05) is 32.0 Å². The molecular weight excluding hydrogens is 216 g/mol. The van der Waals surface area contributed by atoms with Crippen molar-refractivity contribution >= 4 is 5.91 Å². The SMILES string of the molecule is C[C@H](NCCn1cccn1)C(=O)N1CCCC1. The summed E-state index contributed by atoms with van der Waals surface area (Å²) in [5, 5.41) is 7.36. The van der Waals surface area contributed by atoms with Crippen LogP contribution in [0.5, 0.6) is 0 Å². The number of carbonyl (C=O) groups excluding carboxylic acids is 1. The van der Waals surface area contributed by atoms with Crippen LogP contribution in [0.4, 0.5) is 0 Å². The summed E-state index contributed by atoms with van der Waals surface area (Å²) in [6.07, 6.45) is 5.98. The molecule has 5 nitrogen and oxygen atoms in total. The third-order valence-electron chi connectivity index (χ3n) is 3.14. The maximum Gasteiger partial charge on any atom is 0.239 e. The van der Waals surface area contributed by atoms with E-state index in [1.54, 1.807) is 6.20 Å². The van der Waals surface area contributed by atoms with Gasteiger partial charge in [-0.05, 0) is 25.8 Å². The number of nitrogens with one attached hydrogen (secondary N) is 1. The Bertz CT molecular complexity index is 343. The molecule has 0 aliphatic carbocycles. The highest BCUT2D eigenvalue weighted by molar-refractivity contribution is 5.81. The lowest BCUT2D eigenvalue weighted by Crippen LogP contribution is -2.44. The van der Waals surface area contributed by atoms with Crippen LogP contribution in [0, 0.1) is 0 Å². The molecule has 0 spiro atoms. The molecule has 0 aromatic carbocycles. The second-order valence-electron chi connectivity index (χ2n) is 4.48. The minimum absolute atomic E-state index is 0.0938. The van der Waals surface area contributed by atoms with E-state index in [4.69, 9.17) is 0 Å². The van der Waals surface area contributed by atoms with Gasteiger partial charge in [-0.3, -0.25) is 9.48 Å². The van der Waals surface area contributed by atoms with Crippen molar-refractivity contribution in [1.82, 2.24) is 20.0 Å². The summed E-state index contributed by atoms with van der Waals surface area (Å²) in [7, 11) is 0. The van der Waals surface area contributed by atoms with Gasteiger partial charge in [-0.2, -0.15) is 5.10 Å². The Morgan fingerprint density at radius 1 is 1.47 bits per heavy atom. The van der Waals surface area contributed by atoms with E-state index in [0.717, 1.165) is 39.0 Å². The van der Waals surface area contributed by atoms with Gasteiger partial charge < -0.3 is 10.2 Å². The van der Waals surface area contributed by atoms with Crippen LogP contribution in [-0.2, 0) is 11.3 Å². The van der Waals surface area contributed by atoms with Gasteiger partial charge in [-0.25, -0.2) is 0 Å². The lowest BCUT2D eigenvalue weighted by Gasteiger charge is -2.21. The first-order valence-corrected chi connectivity index (χ1v) is 6.27. The van der Waals surface area contributed by atoms with Gasteiger partial charge in [-0.1, -0.05) is 0 Å². The molecule has 2 rings (SSSR count). The van der Waals surface area contributed by atoms with Crippen molar-refractivity contribution in [1.29, 1.82) is 0 Å². The van der Waals surface area contributed by atoms with Crippen molar-refractivity contribution < 1.29 is 4.79 Å². The second kappa shape index (κ2) is 5.82. The first-order chi connectivity index (χ1) is 8.27. The van der Waals surface area contributed by atoms with Crippen LogP contribution in [0.1, 0.15) is 19.8 Å². The van der Waals surface area contributed by atoms with Crippen LogP contribution in [-0.4, -0.2) is 46.3 Å². The van der Waals surface area contributed by atoms with Crippen molar-refractivity contribution in [3.05, 3.63) is 18.5 Å². The normalized spacial score (nSPS) is 17.4. The summed E-state index contributed by atoms with van der Waals surface area (Å²) in [6, 6.07) is 1.81. The zero-order valence-electron chi connectivity index (χ0n) is 10.3. The zero-order valence-corrected chi connectivity index (χ0v) is 10.3. The number of carbonyl (C=O) groups is 1. The molecule has 2 heterocycles. The molecule has 1 aliphatic heterocycles. The van der Waals surface area contributed by atoms with Crippen molar-refractivity contribution in [2.75, 3.05) is 19.6 Å². The molecule has 1 amide bonds. The van der Waals surface area contributed by atoms with E-state index in [9.17, 15) is 4.79 Å². The topological polar surface area (TPSA) is 50.2 Å². The maximum atomic E-state index is 12.0. The van der Waals surface area contributed by atoms with E-state index in [2.05, 4.69) is 10.4 Å². The molecule has 17 heavy (non-hydrogen) atoms. The number of nitrogens with zero attached hydrogens (tertiary/aromatic N) is 3. The average Bonchev–Trinajstić information content (AvgIpc) is 3.00.